The van der Waals surface area contributed by atoms with E-state index in [2.05, 4.69) is 85.3 Å². The highest BCUT2D eigenvalue weighted by Crippen LogP contribution is 2.28. The summed E-state index contributed by atoms with van der Waals surface area (Å²) in [7, 11) is 0. The van der Waals surface area contributed by atoms with Gasteiger partial charge in [0, 0.05) is 4.47 Å². The standard InChI is InChI=1S/C18H22BrN/c1-5-20-18(15-8-9-17(19)14(4)11-15)16-10-12(2)6-7-13(16)3/h6-11,18,20H,5H2,1-4H3. The Hall–Kier alpha value is -1.12. The molecule has 0 heterocycles. The van der Waals surface area contributed by atoms with Gasteiger partial charge in [0.25, 0.3) is 0 Å². The van der Waals surface area contributed by atoms with Crippen LogP contribution in [-0.2, 0) is 0 Å². The van der Waals surface area contributed by atoms with Gasteiger partial charge in [-0.15, -0.1) is 0 Å². The maximum Gasteiger partial charge on any atom is 0.0579 e. The smallest absolute Gasteiger partial charge is 0.0579 e. The quantitative estimate of drug-likeness (QED) is 0.824. The fraction of sp³-hybridized carbons (Fsp3) is 0.333. The Balaban J connectivity index is 2.49. The predicted molar refractivity (Wildman–Crippen MR) is 90.3 cm³/mol. The second kappa shape index (κ2) is 6.55. The lowest BCUT2D eigenvalue weighted by atomic mass is 9.93. The minimum atomic E-state index is 0.256. The van der Waals surface area contributed by atoms with Crippen LogP contribution in [0.1, 0.15) is 40.8 Å². The summed E-state index contributed by atoms with van der Waals surface area (Å²) >= 11 is 3.58. The highest BCUT2D eigenvalue weighted by Gasteiger charge is 2.16. The normalized spacial score (nSPS) is 12.4. The molecule has 2 rings (SSSR count). The molecule has 2 heteroatoms. The van der Waals surface area contributed by atoms with Crippen molar-refractivity contribution < 1.29 is 0 Å². The van der Waals surface area contributed by atoms with Crippen molar-refractivity contribution in [1.82, 2.24) is 5.32 Å². The van der Waals surface area contributed by atoms with Crippen LogP contribution >= 0.6 is 15.9 Å². The van der Waals surface area contributed by atoms with Crippen LogP contribution in [0.4, 0.5) is 0 Å². The fourth-order valence-corrected chi connectivity index (χ4v) is 2.78. The van der Waals surface area contributed by atoms with Gasteiger partial charge in [-0.1, -0.05) is 58.7 Å². The number of hydrogen-bond acceptors (Lipinski definition) is 1. The van der Waals surface area contributed by atoms with Crippen LogP contribution in [0.25, 0.3) is 0 Å². The van der Waals surface area contributed by atoms with Crippen LogP contribution in [0, 0.1) is 20.8 Å². The third kappa shape index (κ3) is 3.31. The largest absolute Gasteiger partial charge is 0.307 e. The monoisotopic (exact) mass is 331 g/mol. The van der Waals surface area contributed by atoms with Crippen LogP contribution in [0.15, 0.2) is 40.9 Å². The molecule has 0 saturated carbocycles. The van der Waals surface area contributed by atoms with E-state index in [0.29, 0.717) is 0 Å². The minimum absolute atomic E-state index is 0.256. The molecule has 106 valence electrons. The van der Waals surface area contributed by atoms with Crippen molar-refractivity contribution in [1.29, 1.82) is 0 Å². The number of halogens is 1. The van der Waals surface area contributed by atoms with Crippen LogP contribution in [-0.4, -0.2) is 6.54 Å². The van der Waals surface area contributed by atoms with Crippen LogP contribution in [0.5, 0.6) is 0 Å². The van der Waals surface area contributed by atoms with E-state index >= 15 is 0 Å². The number of benzene rings is 2. The van der Waals surface area contributed by atoms with Gasteiger partial charge in [0.2, 0.25) is 0 Å². The van der Waals surface area contributed by atoms with Crippen molar-refractivity contribution >= 4 is 15.9 Å². The summed E-state index contributed by atoms with van der Waals surface area (Å²) in [5, 5.41) is 3.61. The average Bonchev–Trinajstić information content (AvgIpc) is 2.42. The summed E-state index contributed by atoms with van der Waals surface area (Å²) in [5.41, 5.74) is 6.61. The molecule has 0 aliphatic heterocycles. The maximum absolute atomic E-state index is 3.61. The molecule has 0 aliphatic rings. The Morgan fingerprint density at radius 3 is 2.40 bits per heavy atom. The minimum Gasteiger partial charge on any atom is -0.307 e. The molecule has 1 unspecified atom stereocenters. The summed E-state index contributed by atoms with van der Waals surface area (Å²) in [4.78, 5) is 0. The third-order valence-corrected chi connectivity index (χ3v) is 4.56. The molecular formula is C18H22BrN. The zero-order valence-corrected chi connectivity index (χ0v) is 14.2. The number of rotatable bonds is 4. The van der Waals surface area contributed by atoms with E-state index in [1.807, 2.05) is 0 Å². The van der Waals surface area contributed by atoms with Crippen molar-refractivity contribution in [2.75, 3.05) is 6.54 Å². The molecule has 2 aromatic rings. The molecule has 0 bridgehead atoms. The van der Waals surface area contributed by atoms with E-state index in [-0.39, 0.29) is 6.04 Å². The zero-order chi connectivity index (χ0) is 14.7. The zero-order valence-electron chi connectivity index (χ0n) is 12.6. The second-order valence-corrected chi connectivity index (χ2v) is 6.21. The number of aryl methyl sites for hydroxylation is 3. The summed E-state index contributed by atoms with van der Waals surface area (Å²) in [6, 6.07) is 13.5. The average molecular weight is 332 g/mol. The first-order chi connectivity index (χ1) is 9.52. The van der Waals surface area contributed by atoms with E-state index < -0.39 is 0 Å². The highest BCUT2D eigenvalue weighted by atomic mass is 79.9. The lowest BCUT2D eigenvalue weighted by molar-refractivity contribution is 0.627. The van der Waals surface area contributed by atoms with Gasteiger partial charge in [0.05, 0.1) is 6.04 Å². The lowest BCUT2D eigenvalue weighted by Gasteiger charge is -2.22. The van der Waals surface area contributed by atoms with Crippen LogP contribution < -0.4 is 5.32 Å². The molecule has 0 aliphatic carbocycles. The summed E-state index contributed by atoms with van der Waals surface area (Å²) < 4.78 is 1.16. The van der Waals surface area contributed by atoms with E-state index in [1.54, 1.807) is 0 Å². The van der Waals surface area contributed by atoms with Crippen molar-refractivity contribution in [3.63, 3.8) is 0 Å². The number of nitrogens with one attached hydrogen (secondary N) is 1. The summed E-state index contributed by atoms with van der Waals surface area (Å²) in [5.74, 6) is 0. The fourth-order valence-electron chi connectivity index (χ4n) is 2.53. The van der Waals surface area contributed by atoms with E-state index in [9.17, 15) is 0 Å². The molecule has 1 atom stereocenters. The molecule has 0 fully saturated rings. The molecule has 0 saturated heterocycles. The SMILES string of the molecule is CCNC(c1ccc(Br)c(C)c1)c1cc(C)ccc1C. The summed E-state index contributed by atoms with van der Waals surface area (Å²) in [6.07, 6.45) is 0. The molecule has 1 N–H and O–H groups in total. The Bertz CT molecular complexity index is 604. The van der Waals surface area contributed by atoms with Gasteiger partial charge in [0.1, 0.15) is 0 Å². The molecule has 0 radical (unpaired) electrons. The first-order valence-electron chi connectivity index (χ1n) is 7.09. The third-order valence-electron chi connectivity index (χ3n) is 3.67. The van der Waals surface area contributed by atoms with E-state index in [4.69, 9.17) is 0 Å². The molecule has 1 nitrogen and oxygen atoms in total. The Morgan fingerprint density at radius 1 is 1.00 bits per heavy atom. The molecule has 0 aromatic heterocycles. The molecular weight excluding hydrogens is 310 g/mol. The van der Waals surface area contributed by atoms with E-state index in [0.717, 1.165) is 11.0 Å². The molecule has 0 spiro atoms. The molecule has 2 aromatic carbocycles. The van der Waals surface area contributed by atoms with Crippen molar-refractivity contribution in [3.8, 4) is 0 Å². The topological polar surface area (TPSA) is 12.0 Å². The second-order valence-electron chi connectivity index (χ2n) is 5.36. The highest BCUT2D eigenvalue weighted by molar-refractivity contribution is 9.10. The molecule has 20 heavy (non-hydrogen) atoms. The maximum atomic E-state index is 3.61. The van der Waals surface area contributed by atoms with Gasteiger partial charge in [-0.2, -0.15) is 0 Å². The first kappa shape index (κ1) is 15.3. The van der Waals surface area contributed by atoms with Gasteiger partial charge in [0.15, 0.2) is 0 Å². The first-order valence-corrected chi connectivity index (χ1v) is 7.88. The van der Waals surface area contributed by atoms with Crippen molar-refractivity contribution in [3.05, 3.63) is 68.7 Å². The van der Waals surface area contributed by atoms with Crippen molar-refractivity contribution in [2.24, 2.45) is 0 Å². The van der Waals surface area contributed by atoms with Gasteiger partial charge in [-0.05, 0) is 55.6 Å². The van der Waals surface area contributed by atoms with Crippen LogP contribution in [0.2, 0.25) is 0 Å². The summed E-state index contributed by atoms with van der Waals surface area (Å²) in [6.45, 7) is 9.58. The Labute approximate surface area is 130 Å². The van der Waals surface area contributed by atoms with Crippen LogP contribution in [0.3, 0.4) is 0 Å². The van der Waals surface area contributed by atoms with E-state index in [1.165, 1.54) is 27.8 Å². The lowest BCUT2D eigenvalue weighted by Crippen LogP contribution is -2.23. The van der Waals surface area contributed by atoms with Gasteiger partial charge in [-0.25, -0.2) is 0 Å². The van der Waals surface area contributed by atoms with Gasteiger partial charge < -0.3 is 5.32 Å². The van der Waals surface area contributed by atoms with Crippen molar-refractivity contribution in [2.45, 2.75) is 33.7 Å². The van der Waals surface area contributed by atoms with Gasteiger partial charge >= 0.3 is 0 Å². The Kier molecular flexibility index (Phi) is 5.00. The number of hydrogen-bond donors (Lipinski definition) is 1. The predicted octanol–water partition coefficient (Wildman–Crippen LogP) is 5.07. The molecule has 0 amide bonds. The Morgan fingerprint density at radius 2 is 1.75 bits per heavy atom. The van der Waals surface area contributed by atoms with Gasteiger partial charge in [-0.3, -0.25) is 0 Å².